The second-order valence-electron chi connectivity index (χ2n) is 4.58. The highest BCUT2D eigenvalue weighted by atomic mass is 32.1. The summed E-state index contributed by atoms with van der Waals surface area (Å²) < 4.78 is 11.0. The van der Waals surface area contributed by atoms with Gasteiger partial charge in [-0.25, -0.2) is 0 Å². The third kappa shape index (κ3) is 3.04. The summed E-state index contributed by atoms with van der Waals surface area (Å²) in [6, 6.07) is 7.35. The Kier molecular flexibility index (Phi) is 4.70. The first-order valence-corrected chi connectivity index (χ1v) is 6.59. The number of hydrogen-bond donors (Lipinski definition) is 4. The number of aryl methyl sites for hydroxylation is 1. The molecule has 1 aliphatic rings. The number of aliphatic hydroxyl groups excluding tert-OH is 3. The van der Waals surface area contributed by atoms with Gasteiger partial charge in [0.15, 0.2) is 6.10 Å². The molecule has 6 heteroatoms. The van der Waals surface area contributed by atoms with Crippen molar-refractivity contribution in [3.05, 3.63) is 29.8 Å². The van der Waals surface area contributed by atoms with Gasteiger partial charge in [-0.15, -0.1) is 12.6 Å². The smallest absolute Gasteiger partial charge is 0.162 e. The van der Waals surface area contributed by atoms with Crippen LogP contribution in [-0.4, -0.2) is 51.8 Å². The number of rotatable bonds is 3. The topological polar surface area (TPSA) is 79.2 Å². The zero-order valence-corrected chi connectivity index (χ0v) is 11.4. The van der Waals surface area contributed by atoms with Gasteiger partial charge in [-0.3, -0.25) is 0 Å². The van der Waals surface area contributed by atoms with Gasteiger partial charge in [0, 0.05) is 0 Å². The summed E-state index contributed by atoms with van der Waals surface area (Å²) >= 11 is 4.20. The van der Waals surface area contributed by atoms with E-state index < -0.39 is 29.9 Å². The molecular formula is C13H18O5S. The highest BCUT2D eigenvalue weighted by Crippen LogP contribution is 2.28. The Bertz CT molecular complexity index is 427. The van der Waals surface area contributed by atoms with Crippen LogP contribution in [0.4, 0.5) is 0 Å². The van der Waals surface area contributed by atoms with Crippen LogP contribution in [0.25, 0.3) is 0 Å². The van der Waals surface area contributed by atoms with Gasteiger partial charge in [-0.1, -0.05) is 18.2 Å². The fraction of sp³-hybridized carbons (Fsp3) is 0.538. The van der Waals surface area contributed by atoms with E-state index in [0.717, 1.165) is 5.56 Å². The van der Waals surface area contributed by atoms with E-state index in [4.69, 9.17) is 14.6 Å². The SMILES string of the molecule is Cc1ccccc1O[C@@H]1[C@@H](O)[C@H](O)[C@@H](CO)O[C@@H]1S. The van der Waals surface area contributed by atoms with E-state index in [-0.39, 0.29) is 6.61 Å². The van der Waals surface area contributed by atoms with Crippen molar-refractivity contribution in [1.29, 1.82) is 0 Å². The van der Waals surface area contributed by atoms with Crippen molar-refractivity contribution >= 4 is 12.6 Å². The molecule has 1 aromatic rings. The number of thiol groups is 1. The zero-order valence-electron chi connectivity index (χ0n) is 10.5. The summed E-state index contributed by atoms with van der Waals surface area (Å²) in [6.07, 6.45) is -4.04. The molecule has 19 heavy (non-hydrogen) atoms. The molecule has 1 saturated heterocycles. The number of ether oxygens (including phenoxy) is 2. The molecule has 1 aliphatic heterocycles. The molecule has 0 unspecified atom stereocenters. The van der Waals surface area contributed by atoms with Crippen LogP contribution in [0.3, 0.4) is 0 Å². The van der Waals surface area contributed by atoms with Crippen LogP contribution in [0.5, 0.6) is 5.75 Å². The van der Waals surface area contributed by atoms with E-state index in [1.54, 1.807) is 6.07 Å². The van der Waals surface area contributed by atoms with E-state index in [9.17, 15) is 10.2 Å². The first-order chi connectivity index (χ1) is 9.04. The second kappa shape index (κ2) is 6.11. The summed E-state index contributed by atoms with van der Waals surface area (Å²) in [6.45, 7) is 1.50. The average Bonchev–Trinajstić information content (AvgIpc) is 2.41. The number of para-hydroxylation sites is 1. The van der Waals surface area contributed by atoms with Gasteiger partial charge < -0.3 is 24.8 Å². The Balaban J connectivity index is 2.14. The first-order valence-electron chi connectivity index (χ1n) is 6.07. The lowest BCUT2D eigenvalue weighted by molar-refractivity contribution is -0.198. The molecule has 106 valence electrons. The van der Waals surface area contributed by atoms with E-state index in [1.807, 2.05) is 25.1 Å². The summed E-state index contributed by atoms with van der Waals surface area (Å²) in [5, 5.41) is 28.9. The Morgan fingerprint density at radius 3 is 2.58 bits per heavy atom. The summed E-state index contributed by atoms with van der Waals surface area (Å²) in [5.74, 6) is 0.601. The van der Waals surface area contributed by atoms with Gasteiger partial charge in [0.05, 0.1) is 6.61 Å². The Morgan fingerprint density at radius 1 is 1.26 bits per heavy atom. The molecule has 3 N–H and O–H groups in total. The van der Waals surface area contributed by atoms with Crippen LogP contribution in [0.1, 0.15) is 5.56 Å². The van der Waals surface area contributed by atoms with Crippen LogP contribution in [0.15, 0.2) is 24.3 Å². The molecule has 0 radical (unpaired) electrons. The maximum Gasteiger partial charge on any atom is 0.162 e. The highest BCUT2D eigenvalue weighted by molar-refractivity contribution is 7.80. The van der Waals surface area contributed by atoms with Crippen LogP contribution < -0.4 is 4.74 Å². The largest absolute Gasteiger partial charge is 0.484 e. The molecule has 1 fully saturated rings. The molecule has 0 bridgehead atoms. The van der Waals surface area contributed by atoms with E-state index in [0.29, 0.717) is 5.75 Å². The maximum absolute atomic E-state index is 10.0. The van der Waals surface area contributed by atoms with E-state index >= 15 is 0 Å². The van der Waals surface area contributed by atoms with Crippen molar-refractivity contribution in [2.75, 3.05) is 6.61 Å². The minimum Gasteiger partial charge on any atom is -0.484 e. The fourth-order valence-electron chi connectivity index (χ4n) is 2.03. The predicted octanol–water partition coefficient (Wildman–Crippen LogP) is 0.111. The minimum atomic E-state index is -1.21. The molecule has 5 atom stereocenters. The molecular weight excluding hydrogens is 268 g/mol. The lowest BCUT2D eigenvalue weighted by Crippen LogP contribution is -2.59. The van der Waals surface area contributed by atoms with E-state index in [1.165, 1.54) is 0 Å². The van der Waals surface area contributed by atoms with Crippen LogP contribution in [0, 0.1) is 6.92 Å². The Labute approximate surface area is 117 Å². The van der Waals surface area contributed by atoms with Gasteiger partial charge in [0.1, 0.15) is 29.5 Å². The summed E-state index contributed by atoms with van der Waals surface area (Å²) in [4.78, 5) is 0. The van der Waals surface area contributed by atoms with Crippen LogP contribution in [-0.2, 0) is 4.74 Å². The molecule has 0 aliphatic carbocycles. The van der Waals surface area contributed by atoms with Crippen molar-refractivity contribution in [2.45, 2.75) is 36.8 Å². The molecule has 1 aromatic carbocycles. The monoisotopic (exact) mass is 286 g/mol. The highest BCUT2D eigenvalue weighted by Gasteiger charge is 2.44. The average molecular weight is 286 g/mol. The Hall–Kier alpha value is -0.790. The molecule has 0 amide bonds. The minimum absolute atomic E-state index is 0.383. The standard InChI is InChI=1S/C13H18O5S/c1-7-4-2-3-5-8(7)17-12-11(16)10(15)9(6-14)18-13(12)19/h2-5,9-16,19H,6H2,1H3/t9-,10-,11+,12-,13-/m1/s1. The molecule has 1 heterocycles. The fourth-order valence-corrected chi connectivity index (χ4v) is 2.43. The van der Waals surface area contributed by atoms with Gasteiger partial charge >= 0.3 is 0 Å². The predicted molar refractivity (Wildman–Crippen MR) is 72.3 cm³/mol. The normalized spacial score (nSPS) is 35.1. The molecule has 0 saturated carbocycles. The van der Waals surface area contributed by atoms with Gasteiger partial charge in [0.2, 0.25) is 0 Å². The maximum atomic E-state index is 10.0. The van der Waals surface area contributed by atoms with E-state index in [2.05, 4.69) is 12.6 Å². The number of hydrogen-bond acceptors (Lipinski definition) is 6. The number of benzene rings is 1. The lowest BCUT2D eigenvalue weighted by Gasteiger charge is -2.40. The van der Waals surface area contributed by atoms with Gasteiger partial charge in [0.25, 0.3) is 0 Å². The van der Waals surface area contributed by atoms with Crippen molar-refractivity contribution in [3.8, 4) is 5.75 Å². The van der Waals surface area contributed by atoms with Crippen molar-refractivity contribution in [2.24, 2.45) is 0 Å². The second-order valence-corrected chi connectivity index (χ2v) is 5.09. The lowest BCUT2D eigenvalue weighted by atomic mass is 10.00. The van der Waals surface area contributed by atoms with Crippen molar-refractivity contribution < 1.29 is 24.8 Å². The summed E-state index contributed by atoms with van der Waals surface area (Å²) in [7, 11) is 0. The Morgan fingerprint density at radius 2 is 1.95 bits per heavy atom. The van der Waals surface area contributed by atoms with Gasteiger partial charge in [-0.2, -0.15) is 0 Å². The third-order valence-electron chi connectivity index (χ3n) is 3.20. The molecule has 5 nitrogen and oxygen atoms in total. The molecule has 0 aromatic heterocycles. The van der Waals surface area contributed by atoms with Gasteiger partial charge in [-0.05, 0) is 18.6 Å². The zero-order chi connectivity index (χ0) is 14.0. The first kappa shape index (κ1) is 14.6. The summed E-state index contributed by atoms with van der Waals surface area (Å²) in [5.41, 5.74) is 0.184. The number of aliphatic hydroxyl groups is 3. The molecule has 0 spiro atoms. The van der Waals surface area contributed by atoms with Crippen molar-refractivity contribution in [3.63, 3.8) is 0 Å². The van der Waals surface area contributed by atoms with Crippen LogP contribution in [0.2, 0.25) is 0 Å². The van der Waals surface area contributed by atoms with Crippen molar-refractivity contribution in [1.82, 2.24) is 0 Å². The molecule has 2 rings (SSSR count). The quantitative estimate of drug-likeness (QED) is 0.593. The third-order valence-corrected chi connectivity index (χ3v) is 3.61. The van der Waals surface area contributed by atoms with Crippen LogP contribution >= 0.6 is 12.6 Å².